The second-order valence-corrected chi connectivity index (χ2v) is 5.85. The minimum absolute atomic E-state index is 0.0156. The van der Waals surface area contributed by atoms with E-state index in [0.29, 0.717) is 50.1 Å². The van der Waals surface area contributed by atoms with Crippen molar-refractivity contribution < 1.29 is 14.3 Å². The summed E-state index contributed by atoms with van der Waals surface area (Å²) in [5.41, 5.74) is 0.295. The van der Waals surface area contributed by atoms with Gasteiger partial charge >= 0.3 is 0 Å². The number of carbonyl (C=O) groups excluding carboxylic acids is 1. The van der Waals surface area contributed by atoms with Crippen LogP contribution in [0.15, 0.2) is 33.9 Å². The number of aromatic nitrogens is 1. The van der Waals surface area contributed by atoms with E-state index in [9.17, 15) is 9.59 Å². The van der Waals surface area contributed by atoms with E-state index in [0.717, 1.165) is 0 Å². The predicted octanol–water partition coefficient (Wildman–Crippen LogP) is 0.0387. The number of H-pyrrole nitrogens is 1. The average molecular weight is 330 g/mol. The first-order valence-electron chi connectivity index (χ1n) is 7.94. The van der Waals surface area contributed by atoms with Gasteiger partial charge in [0.25, 0.3) is 5.91 Å². The normalized spacial score (nSPS) is 22.0. The molecule has 8 heteroatoms. The molecule has 126 valence electrons. The van der Waals surface area contributed by atoms with Crippen LogP contribution in [0.5, 0.6) is 0 Å². The molecule has 1 unspecified atom stereocenters. The van der Waals surface area contributed by atoms with Crippen molar-refractivity contribution in [2.45, 2.75) is 6.04 Å². The quantitative estimate of drug-likeness (QED) is 0.845. The highest BCUT2D eigenvalue weighted by molar-refractivity contribution is 5.85. The lowest BCUT2D eigenvalue weighted by molar-refractivity contribution is -0.138. The molecule has 1 N–H and O–H groups in total. The molecule has 3 aliphatic heterocycles. The van der Waals surface area contributed by atoms with Gasteiger partial charge in [0.1, 0.15) is 11.6 Å². The maximum atomic E-state index is 12.1. The summed E-state index contributed by atoms with van der Waals surface area (Å²) in [4.78, 5) is 35.1. The molecule has 0 radical (unpaired) electrons. The average Bonchev–Trinajstić information content (AvgIpc) is 3.04. The van der Waals surface area contributed by atoms with Crippen LogP contribution in [0.3, 0.4) is 0 Å². The van der Waals surface area contributed by atoms with Gasteiger partial charge in [-0.25, -0.2) is 0 Å². The Balaban J connectivity index is 1.40. The molecular weight excluding hydrogens is 312 g/mol. The largest absolute Gasteiger partial charge is 0.486 e. The van der Waals surface area contributed by atoms with Crippen molar-refractivity contribution in [2.75, 3.05) is 44.4 Å². The van der Waals surface area contributed by atoms with Crippen LogP contribution < -0.4 is 10.3 Å². The fourth-order valence-electron chi connectivity index (χ4n) is 3.07. The molecule has 1 atom stereocenters. The highest BCUT2D eigenvalue weighted by atomic mass is 16.5. The van der Waals surface area contributed by atoms with Crippen molar-refractivity contribution in [1.82, 2.24) is 9.88 Å². The molecule has 0 aromatic carbocycles. The zero-order valence-electron chi connectivity index (χ0n) is 13.1. The van der Waals surface area contributed by atoms with Crippen LogP contribution in [-0.4, -0.2) is 67.5 Å². The molecule has 3 aliphatic rings. The topological polar surface area (TPSA) is 87.2 Å². The summed E-state index contributed by atoms with van der Waals surface area (Å²) in [5.74, 6) is 1.36. The lowest BCUT2D eigenvalue weighted by Gasteiger charge is -2.28. The number of carbonyl (C=O) groups is 1. The molecule has 8 nitrogen and oxygen atoms in total. The van der Waals surface area contributed by atoms with Gasteiger partial charge in [0, 0.05) is 31.6 Å². The van der Waals surface area contributed by atoms with E-state index in [1.165, 1.54) is 6.07 Å². The van der Waals surface area contributed by atoms with E-state index in [1.54, 1.807) is 17.3 Å². The fraction of sp³-hybridized carbons (Fsp3) is 0.438. The van der Waals surface area contributed by atoms with Crippen LogP contribution in [0, 0.1) is 0 Å². The Morgan fingerprint density at radius 1 is 1.42 bits per heavy atom. The van der Waals surface area contributed by atoms with Crippen LogP contribution in [0.2, 0.25) is 0 Å². The maximum Gasteiger partial charge on any atom is 0.260 e. The van der Waals surface area contributed by atoms with Crippen LogP contribution in [-0.2, 0) is 14.3 Å². The van der Waals surface area contributed by atoms with Crippen molar-refractivity contribution in [3.63, 3.8) is 0 Å². The summed E-state index contributed by atoms with van der Waals surface area (Å²) in [6.07, 6.45) is 5.25. The molecule has 1 fully saturated rings. The number of fused-ring (bicyclic) bond motifs is 3. The number of rotatable bonds is 3. The standard InChI is InChI=1S/C16H18N4O4/c21-13-1-2-17-16-15(13)18-8-11-7-12(9-20(11)16)24-10-14(22)19-3-5-23-6-4-19/h1-2,7-8,11H,3-6,9-10H2,(H,17,21). The Morgan fingerprint density at radius 3 is 3.08 bits per heavy atom. The minimum atomic E-state index is -0.115. The molecule has 24 heavy (non-hydrogen) atoms. The number of anilines is 1. The third-order valence-corrected chi connectivity index (χ3v) is 4.34. The molecule has 4 rings (SSSR count). The van der Waals surface area contributed by atoms with Gasteiger partial charge in [-0.15, -0.1) is 0 Å². The van der Waals surface area contributed by atoms with Crippen LogP contribution >= 0.6 is 0 Å². The Bertz CT molecular complexity index is 764. The number of amides is 1. The van der Waals surface area contributed by atoms with Gasteiger partial charge in [-0.3, -0.25) is 14.6 Å². The molecular formula is C16H18N4O4. The molecule has 1 saturated heterocycles. The first kappa shape index (κ1) is 14.9. The Morgan fingerprint density at radius 2 is 2.25 bits per heavy atom. The highest BCUT2D eigenvalue weighted by Gasteiger charge is 2.31. The molecule has 1 amide bonds. The summed E-state index contributed by atoms with van der Waals surface area (Å²) in [6.45, 7) is 2.88. The molecule has 0 bridgehead atoms. The Kier molecular flexibility index (Phi) is 3.81. The molecule has 0 spiro atoms. The van der Waals surface area contributed by atoms with Crippen molar-refractivity contribution in [1.29, 1.82) is 0 Å². The van der Waals surface area contributed by atoms with E-state index in [1.807, 2.05) is 11.0 Å². The van der Waals surface area contributed by atoms with Gasteiger partial charge in [0.05, 0.1) is 25.8 Å². The predicted molar refractivity (Wildman–Crippen MR) is 87.8 cm³/mol. The maximum absolute atomic E-state index is 12.1. The third kappa shape index (κ3) is 2.69. The minimum Gasteiger partial charge on any atom is -0.486 e. The first-order chi connectivity index (χ1) is 11.7. The lowest BCUT2D eigenvalue weighted by Crippen LogP contribution is -2.42. The van der Waals surface area contributed by atoms with Crippen molar-refractivity contribution in [3.8, 4) is 0 Å². The van der Waals surface area contributed by atoms with E-state index in [-0.39, 0.29) is 24.0 Å². The van der Waals surface area contributed by atoms with Gasteiger partial charge in [-0.05, 0) is 6.08 Å². The molecule has 0 aliphatic carbocycles. The van der Waals surface area contributed by atoms with Gasteiger partial charge in [-0.1, -0.05) is 0 Å². The smallest absolute Gasteiger partial charge is 0.260 e. The number of ether oxygens (including phenoxy) is 2. The molecule has 4 heterocycles. The van der Waals surface area contributed by atoms with Crippen LogP contribution in [0.4, 0.5) is 11.5 Å². The monoisotopic (exact) mass is 330 g/mol. The second-order valence-electron chi connectivity index (χ2n) is 5.85. The van der Waals surface area contributed by atoms with Crippen molar-refractivity contribution in [2.24, 2.45) is 4.99 Å². The number of nitrogens with zero attached hydrogens (tertiary/aromatic N) is 3. The lowest BCUT2D eigenvalue weighted by atomic mass is 10.2. The number of aromatic amines is 1. The van der Waals surface area contributed by atoms with Crippen molar-refractivity contribution in [3.05, 3.63) is 34.3 Å². The van der Waals surface area contributed by atoms with E-state index < -0.39 is 0 Å². The molecule has 0 saturated carbocycles. The summed E-state index contributed by atoms with van der Waals surface area (Å²) in [5, 5.41) is 0. The third-order valence-electron chi connectivity index (χ3n) is 4.34. The number of aliphatic imine (C=N–C) groups is 1. The van der Waals surface area contributed by atoms with Gasteiger partial charge in [-0.2, -0.15) is 0 Å². The zero-order valence-corrected chi connectivity index (χ0v) is 13.1. The molecule has 1 aromatic heterocycles. The SMILES string of the molecule is O=C(COC1=CC2C=Nc3c([nH]ccc3=O)N2C1)N1CCOCC1. The van der Waals surface area contributed by atoms with E-state index >= 15 is 0 Å². The number of hydrogen-bond acceptors (Lipinski definition) is 6. The van der Waals surface area contributed by atoms with Crippen molar-refractivity contribution >= 4 is 23.6 Å². The summed E-state index contributed by atoms with van der Waals surface area (Å²) >= 11 is 0. The zero-order chi connectivity index (χ0) is 16.5. The van der Waals surface area contributed by atoms with Gasteiger partial charge in [0.15, 0.2) is 12.3 Å². The second kappa shape index (κ2) is 6.12. The Hall–Kier alpha value is -2.61. The van der Waals surface area contributed by atoms with Crippen LogP contribution in [0.25, 0.3) is 0 Å². The number of morpholine rings is 1. The summed E-state index contributed by atoms with van der Waals surface area (Å²) in [7, 11) is 0. The fourth-order valence-corrected chi connectivity index (χ4v) is 3.07. The Labute approximate surface area is 138 Å². The molecule has 1 aromatic rings. The number of hydrogen-bond donors (Lipinski definition) is 1. The summed E-state index contributed by atoms with van der Waals surface area (Å²) < 4.78 is 10.9. The highest BCUT2D eigenvalue weighted by Crippen LogP contribution is 2.32. The number of nitrogens with one attached hydrogen (secondary N) is 1. The summed E-state index contributed by atoms with van der Waals surface area (Å²) in [6, 6.07) is 1.39. The first-order valence-corrected chi connectivity index (χ1v) is 7.94. The van der Waals surface area contributed by atoms with E-state index in [2.05, 4.69) is 9.98 Å². The van der Waals surface area contributed by atoms with Gasteiger partial charge < -0.3 is 24.3 Å². The van der Waals surface area contributed by atoms with Gasteiger partial charge in [0.2, 0.25) is 5.43 Å². The van der Waals surface area contributed by atoms with E-state index in [4.69, 9.17) is 9.47 Å². The number of pyridine rings is 1. The van der Waals surface area contributed by atoms with Crippen LogP contribution in [0.1, 0.15) is 0 Å².